The van der Waals surface area contributed by atoms with Crippen LogP contribution in [-0.4, -0.2) is 48.9 Å². The van der Waals surface area contributed by atoms with Gasteiger partial charge in [-0.1, -0.05) is 17.7 Å². The molecule has 0 radical (unpaired) electrons. The molecule has 3 rings (SSSR count). The van der Waals surface area contributed by atoms with E-state index in [2.05, 4.69) is 0 Å². The monoisotopic (exact) mass is 364 g/mol. The van der Waals surface area contributed by atoms with Crippen LogP contribution in [0.1, 0.15) is 24.8 Å². The molecule has 0 saturated carbocycles. The number of ether oxygens (including phenoxy) is 1. The van der Waals surface area contributed by atoms with Crippen LogP contribution in [0.3, 0.4) is 0 Å². The SMILES string of the molecule is COC(=O)C1CCN([C@@H]2CC(=O)N(c3ccc(C)c(Cl)c3)C2=O)CC1. The van der Waals surface area contributed by atoms with E-state index in [0.29, 0.717) is 36.6 Å². The highest BCUT2D eigenvalue weighted by Crippen LogP contribution is 2.31. The molecule has 1 atom stereocenters. The lowest BCUT2D eigenvalue weighted by Crippen LogP contribution is -2.46. The van der Waals surface area contributed by atoms with Crippen molar-refractivity contribution in [3.8, 4) is 0 Å². The zero-order chi connectivity index (χ0) is 18.1. The third kappa shape index (κ3) is 3.41. The maximum Gasteiger partial charge on any atom is 0.308 e. The summed E-state index contributed by atoms with van der Waals surface area (Å²) in [6, 6.07) is 4.72. The molecule has 134 valence electrons. The molecule has 2 fully saturated rings. The van der Waals surface area contributed by atoms with Crippen molar-refractivity contribution < 1.29 is 19.1 Å². The van der Waals surface area contributed by atoms with Crippen molar-refractivity contribution in [2.45, 2.75) is 32.2 Å². The highest BCUT2D eigenvalue weighted by Gasteiger charge is 2.44. The van der Waals surface area contributed by atoms with E-state index in [-0.39, 0.29) is 30.1 Å². The largest absolute Gasteiger partial charge is 0.469 e. The van der Waals surface area contributed by atoms with E-state index >= 15 is 0 Å². The van der Waals surface area contributed by atoms with Crippen LogP contribution in [-0.2, 0) is 19.1 Å². The average molecular weight is 365 g/mol. The summed E-state index contributed by atoms with van der Waals surface area (Å²) in [7, 11) is 1.39. The first kappa shape index (κ1) is 17.9. The Kier molecular flexibility index (Phi) is 5.11. The number of carbonyl (C=O) groups is 3. The molecule has 0 spiro atoms. The number of anilines is 1. The molecule has 0 aromatic heterocycles. The molecule has 0 unspecified atom stereocenters. The quantitative estimate of drug-likeness (QED) is 0.607. The Morgan fingerprint density at radius 3 is 2.52 bits per heavy atom. The lowest BCUT2D eigenvalue weighted by molar-refractivity contribution is -0.147. The van der Waals surface area contributed by atoms with Crippen molar-refractivity contribution in [3.63, 3.8) is 0 Å². The molecule has 6 nitrogen and oxygen atoms in total. The highest BCUT2D eigenvalue weighted by atomic mass is 35.5. The number of imide groups is 1. The van der Waals surface area contributed by atoms with Crippen molar-refractivity contribution in [1.29, 1.82) is 0 Å². The molecule has 1 aromatic rings. The predicted molar refractivity (Wildman–Crippen MR) is 93.4 cm³/mol. The van der Waals surface area contributed by atoms with Gasteiger partial charge in [0.05, 0.1) is 31.2 Å². The van der Waals surface area contributed by atoms with Gasteiger partial charge in [0, 0.05) is 5.02 Å². The van der Waals surface area contributed by atoms with Crippen LogP contribution in [0.15, 0.2) is 18.2 Å². The topological polar surface area (TPSA) is 66.9 Å². The second kappa shape index (κ2) is 7.14. The van der Waals surface area contributed by atoms with Crippen molar-refractivity contribution in [2.75, 3.05) is 25.1 Å². The van der Waals surface area contributed by atoms with Gasteiger partial charge >= 0.3 is 5.97 Å². The molecule has 0 aliphatic carbocycles. The number of hydrogen-bond acceptors (Lipinski definition) is 5. The van der Waals surface area contributed by atoms with E-state index in [1.165, 1.54) is 12.0 Å². The number of benzene rings is 1. The van der Waals surface area contributed by atoms with Crippen LogP contribution in [0.4, 0.5) is 5.69 Å². The molecular weight excluding hydrogens is 344 g/mol. The number of rotatable bonds is 3. The zero-order valence-electron chi connectivity index (χ0n) is 14.3. The van der Waals surface area contributed by atoms with E-state index in [4.69, 9.17) is 16.3 Å². The first-order chi connectivity index (χ1) is 11.9. The first-order valence-corrected chi connectivity index (χ1v) is 8.75. The summed E-state index contributed by atoms with van der Waals surface area (Å²) in [6.45, 7) is 3.08. The molecular formula is C18H21ClN2O4. The molecule has 2 heterocycles. The van der Waals surface area contributed by atoms with Crippen LogP contribution in [0.5, 0.6) is 0 Å². The van der Waals surface area contributed by atoms with Crippen LogP contribution in [0, 0.1) is 12.8 Å². The predicted octanol–water partition coefficient (Wildman–Crippen LogP) is 2.17. The first-order valence-electron chi connectivity index (χ1n) is 8.37. The molecule has 7 heteroatoms. The number of amides is 2. The van der Waals surface area contributed by atoms with Gasteiger partial charge in [-0.2, -0.15) is 0 Å². The van der Waals surface area contributed by atoms with Gasteiger partial charge in [0.1, 0.15) is 0 Å². The van der Waals surface area contributed by atoms with Gasteiger partial charge in [0.25, 0.3) is 5.91 Å². The molecule has 0 bridgehead atoms. The third-order valence-electron chi connectivity index (χ3n) is 5.04. The van der Waals surface area contributed by atoms with Gasteiger partial charge < -0.3 is 4.74 Å². The van der Waals surface area contributed by atoms with Gasteiger partial charge in [0.2, 0.25) is 5.91 Å². The van der Waals surface area contributed by atoms with Gasteiger partial charge in [0.15, 0.2) is 0 Å². The molecule has 2 aliphatic heterocycles. The van der Waals surface area contributed by atoms with Crippen LogP contribution in [0.2, 0.25) is 5.02 Å². The third-order valence-corrected chi connectivity index (χ3v) is 5.45. The number of carbonyl (C=O) groups excluding carboxylic acids is 3. The Hall–Kier alpha value is -1.92. The van der Waals surface area contributed by atoms with Gasteiger partial charge in [-0.15, -0.1) is 0 Å². The minimum atomic E-state index is -0.467. The lowest BCUT2D eigenvalue weighted by atomic mass is 9.95. The number of likely N-dealkylation sites (tertiary alicyclic amines) is 1. The van der Waals surface area contributed by atoms with E-state index in [1.54, 1.807) is 18.2 Å². The highest BCUT2D eigenvalue weighted by molar-refractivity contribution is 6.32. The zero-order valence-corrected chi connectivity index (χ0v) is 15.1. The molecule has 1 aromatic carbocycles. The van der Waals surface area contributed by atoms with E-state index < -0.39 is 6.04 Å². The number of esters is 1. The summed E-state index contributed by atoms with van der Waals surface area (Å²) < 4.78 is 4.79. The Balaban J connectivity index is 1.71. The molecule has 2 aliphatic rings. The van der Waals surface area contributed by atoms with Crippen LogP contribution >= 0.6 is 11.6 Å². The summed E-state index contributed by atoms with van der Waals surface area (Å²) in [5, 5.41) is 0.528. The fraction of sp³-hybridized carbons (Fsp3) is 0.500. The summed E-state index contributed by atoms with van der Waals surface area (Å²) in [5.41, 5.74) is 1.41. The number of hydrogen-bond donors (Lipinski definition) is 0. The molecule has 0 N–H and O–H groups in total. The molecule has 2 amide bonds. The number of halogens is 1. The smallest absolute Gasteiger partial charge is 0.308 e. The van der Waals surface area contributed by atoms with E-state index in [0.717, 1.165) is 5.56 Å². The number of nitrogens with zero attached hydrogens (tertiary/aromatic N) is 2. The van der Waals surface area contributed by atoms with Gasteiger partial charge in [-0.25, -0.2) is 4.90 Å². The van der Waals surface area contributed by atoms with Crippen molar-refractivity contribution in [3.05, 3.63) is 28.8 Å². The van der Waals surface area contributed by atoms with E-state index in [9.17, 15) is 14.4 Å². The van der Waals surface area contributed by atoms with Crippen LogP contribution in [0.25, 0.3) is 0 Å². The number of methoxy groups -OCH3 is 1. The normalized spacial score (nSPS) is 22.5. The fourth-order valence-corrected chi connectivity index (χ4v) is 3.68. The lowest BCUT2D eigenvalue weighted by Gasteiger charge is -2.33. The Labute approximate surface area is 151 Å². The maximum absolute atomic E-state index is 12.8. The number of aryl methyl sites for hydroxylation is 1. The van der Waals surface area contributed by atoms with Crippen molar-refractivity contribution in [2.24, 2.45) is 5.92 Å². The van der Waals surface area contributed by atoms with E-state index in [1.807, 2.05) is 11.8 Å². The second-order valence-electron chi connectivity index (χ2n) is 6.55. The molecule has 2 saturated heterocycles. The summed E-state index contributed by atoms with van der Waals surface area (Å²) >= 11 is 6.13. The minimum Gasteiger partial charge on any atom is -0.469 e. The summed E-state index contributed by atoms with van der Waals surface area (Å²) in [5.74, 6) is -0.767. The summed E-state index contributed by atoms with van der Waals surface area (Å²) in [4.78, 5) is 40.1. The van der Waals surface area contributed by atoms with Crippen LogP contribution < -0.4 is 4.90 Å². The summed E-state index contributed by atoms with van der Waals surface area (Å²) in [6.07, 6.45) is 1.44. The van der Waals surface area contributed by atoms with Gasteiger partial charge in [-0.3, -0.25) is 19.3 Å². The Bertz CT molecular complexity index is 713. The average Bonchev–Trinajstić information content (AvgIpc) is 2.91. The maximum atomic E-state index is 12.8. The van der Waals surface area contributed by atoms with Gasteiger partial charge in [-0.05, 0) is 50.6 Å². The fourth-order valence-electron chi connectivity index (χ4n) is 3.51. The minimum absolute atomic E-state index is 0.125. The number of piperidine rings is 1. The Morgan fingerprint density at radius 2 is 1.92 bits per heavy atom. The Morgan fingerprint density at radius 1 is 1.24 bits per heavy atom. The molecule has 25 heavy (non-hydrogen) atoms. The van der Waals surface area contributed by atoms with Crippen molar-refractivity contribution in [1.82, 2.24) is 4.90 Å². The van der Waals surface area contributed by atoms with Crippen molar-refractivity contribution >= 4 is 35.1 Å². The second-order valence-corrected chi connectivity index (χ2v) is 6.96. The standard InChI is InChI=1S/C18H21ClN2O4/c1-11-3-4-13(9-14(11)19)21-16(22)10-15(17(21)23)20-7-5-12(6-8-20)18(24)25-2/h3-4,9,12,15H,5-8,10H2,1-2H3/t15-/m1/s1.